The molecule has 1 aliphatic rings. The van der Waals surface area contributed by atoms with Gasteiger partial charge in [-0.2, -0.15) is 5.10 Å². The minimum absolute atomic E-state index is 0.272. The summed E-state index contributed by atoms with van der Waals surface area (Å²) in [6.07, 6.45) is 12.6. The van der Waals surface area contributed by atoms with Gasteiger partial charge in [0, 0.05) is 25.2 Å². The number of carbonyl (C=O) groups is 1. The van der Waals surface area contributed by atoms with Crippen molar-refractivity contribution < 1.29 is 4.79 Å². The van der Waals surface area contributed by atoms with E-state index in [0.29, 0.717) is 19.0 Å². The zero-order valence-electron chi connectivity index (χ0n) is 13.3. The first-order valence-electron chi connectivity index (χ1n) is 8.31. The van der Waals surface area contributed by atoms with Crippen LogP contribution in [0, 0.1) is 0 Å². The van der Waals surface area contributed by atoms with Crippen LogP contribution in [-0.4, -0.2) is 33.6 Å². The van der Waals surface area contributed by atoms with Crippen molar-refractivity contribution in [1.29, 1.82) is 0 Å². The fourth-order valence-electron chi connectivity index (χ4n) is 2.71. The average Bonchev–Trinajstić information content (AvgIpc) is 3.28. The number of nitrogens with zero attached hydrogens (tertiary/aromatic N) is 2. The molecule has 0 atom stereocenters. The fourth-order valence-corrected chi connectivity index (χ4v) is 2.71. The number of H-pyrrole nitrogens is 1. The third kappa shape index (κ3) is 4.81. The summed E-state index contributed by atoms with van der Waals surface area (Å²) in [5.74, 6) is 0.272. The summed E-state index contributed by atoms with van der Waals surface area (Å²) in [7, 11) is 0. The van der Waals surface area contributed by atoms with Gasteiger partial charge in [0.05, 0.1) is 6.20 Å². The van der Waals surface area contributed by atoms with Crippen molar-refractivity contribution in [2.24, 2.45) is 0 Å². The van der Waals surface area contributed by atoms with E-state index in [1.54, 1.807) is 0 Å². The lowest BCUT2D eigenvalue weighted by molar-refractivity contribution is -0.131. The highest BCUT2D eigenvalue weighted by Gasteiger charge is 2.31. The van der Waals surface area contributed by atoms with E-state index in [9.17, 15) is 4.79 Å². The maximum absolute atomic E-state index is 12.5. The molecule has 1 aromatic heterocycles. The highest BCUT2D eigenvalue weighted by Crippen LogP contribution is 2.27. The quantitative estimate of drug-likeness (QED) is 0.812. The normalized spacial score (nSPS) is 14.3. The predicted molar refractivity (Wildman–Crippen MR) is 91.7 cm³/mol. The molecule has 1 aliphatic carbocycles. The van der Waals surface area contributed by atoms with Gasteiger partial charge in [-0.05, 0) is 36.8 Å². The maximum Gasteiger partial charge on any atom is 0.223 e. The number of benzene rings is 1. The molecule has 1 heterocycles. The van der Waals surface area contributed by atoms with Crippen molar-refractivity contribution in [2.75, 3.05) is 6.54 Å². The Labute approximate surface area is 137 Å². The average molecular weight is 309 g/mol. The lowest BCUT2D eigenvalue weighted by atomic mass is 10.1. The van der Waals surface area contributed by atoms with E-state index in [1.807, 2.05) is 35.5 Å². The van der Waals surface area contributed by atoms with E-state index in [4.69, 9.17) is 0 Å². The van der Waals surface area contributed by atoms with Gasteiger partial charge in [-0.15, -0.1) is 0 Å². The first-order chi connectivity index (χ1) is 11.3. The van der Waals surface area contributed by atoms with Crippen molar-refractivity contribution in [2.45, 2.75) is 38.1 Å². The molecule has 2 aromatic rings. The minimum atomic E-state index is 0.272. The summed E-state index contributed by atoms with van der Waals surface area (Å²) in [4.78, 5) is 14.5. The second-order valence-corrected chi connectivity index (χ2v) is 6.05. The van der Waals surface area contributed by atoms with Gasteiger partial charge < -0.3 is 4.90 Å². The fraction of sp³-hybridized carbons (Fsp3) is 0.368. The molecule has 1 saturated carbocycles. The van der Waals surface area contributed by atoms with Crippen molar-refractivity contribution in [3.8, 4) is 0 Å². The Morgan fingerprint density at radius 3 is 2.83 bits per heavy atom. The van der Waals surface area contributed by atoms with Crippen LogP contribution in [-0.2, 0) is 11.2 Å². The molecule has 0 spiro atoms. The van der Waals surface area contributed by atoms with E-state index >= 15 is 0 Å². The number of nitrogens with one attached hydrogen (secondary N) is 1. The van der Waals surface area contributed by atoms with Gasteiger partial charge in [-0.3, -0.25) is 9.89 Å². The number of amides is 1. The van der Waals surface area contributed by atoms with Crippen LogP contribution in [0.4, 0.5) is 0 Å². The number of hydrogen-bond acceptors (Lipinski definition) is 2. The number of hydrogen-bond donors (Lipinski definition) is 1. The monoisotopic (exact) mass is 309 g/mol. The zero-order valence-corrected chi connectivity index (χ0v) is 13.3. The lowest BCUT2D eigenvalue weighted by Gasteiger charge is -2.20. The van der Waals surface area contributed by atoms with Crippen LogP contribution < -0.4 is 0 Å². The third-order valence-corrected chi connectivity index (χ3v) is 4.13. The van der Waals surface area contributed by atoms with Gasteiger partial charge in [0.15, 0.2) is 0 Å². The molecule has 3 rings (SSSR count). The second-order valence-electron chi connectivity index (χ2n) is 6.05. The number of rotatable bonds is 8. The van der Waals surface area contributed by atoms with Crippen molar-refractivity contribution >= 4 is 12.0 Å². The van der Waals surface area contributed by atoms with Gasteiger partial charge in [-0.25, -0.2) is 0 Å². The predicted octanol–water partition coefficient (Wildman–Crippen LogP) is 3.44. The van der Waals surface area contributed by atoms with Gasteiger partial charge in [0.2, 0.25) is 5.91 Å². The van der Waals surface area contributed by atoms with Crippen LogP contribution in [0.2, 0.25) is 0 Å². The molecule has 1 N–H and O–H groups in total. The first kappa shape index (κ1) is 15.5. The highest BCUT2D eigenvalue weighted by atomic mass is 16.2. The van der Waals surface area contributed by atoms with Crippen molar-refractivity contribution in [3.63, 3.8) is 0 Å². The van der Waals surface area contributed by atoms with Crippen molar-refractivity contribution in [1.82, 2.24) is 15.1 Å². The third-order valence-electron chi connectivity index (χ3n) is 4.13. The molecule has 1 aromatic carbocycles. The number of aromatic nitrogens is 2. The molecule has 4 nitrogen and oxygen atoms in total. The molecule has 1 amide bonds. The molecule has 4 heteroatoms. The smallest absolute Gasteiger partial charge is 0.223 e. The number of aromatic amines is 1. The molecule has 0 radical (unpaired) electrons. The second kappa shape index (κ2) is 7.77. The molecule has 0 unspecified atom stereocenters. The minimum Gasteiger partial charge on any atom is -0.336 e. The summed E-state index contributed by atoms with van der Waals surface area (Å²) < 4.78 is 0. The van der Waals surface area contributed by atoms with E-state index in [2.05, 4.69) is 34.5 Å². The van der Waals surface area contributed by atoms with Crippen LogP contribution >= 0.6 is 0 Å². The zero-order chi connectivity index (χ0) is 15.9. The standard InChI is InChI=1S/C19H23N3O/c23-19(10-4-8-17-14-20-21-15-17)22(18-11-12-18)13-5-9-16-6-2-1-3-7-16/h1-3,5-7,9,14-15,18H,4,8,10-13H2,(H,20,21)/b9-5+. The maximum atomic E-state index is 12.5. The molecule has 0 aliphatic heterocycles. The van der Waals surface area contributed by atoms with E-state index < -0.39 is 0 Å². The Morgan fingerprint density at radius 2 is 2.13 bits per heavy atom. The van der Waals surface area contributed by atoms with Crippen LogP contribution in [0.5, 0.6) is 0 Å². The summed E-state index contributed by atoms with van der Waals surface area (Å²) in [5.41, 5.74) is 2.34. The summed E-state index contributed by atoms with van der Waals surface area (Å²) in [6.45, 7) is 0.712. The molecule has 120 valence electrons. The number of carbonyl (C=O) groups excluding carboxylic acids is 1. The van der Waals surface area contributed by atoms with Crippen LogP contribution in [0.25, 0.3) is 6.08 Å². The van der Waals surface area contributed by atoms with E-state index in [-0.39, 0.29) is 5.91 Å². The summed E-state index contributed by atoms with van der Waals surface area (Å²) in [6, 6.07) is 10.7. The molecule has 23 heavy (non-hydrogen) atoms. The Balaban J connectivity index is 1.48. The van der Waals surface area contributed by atoms with Gasteiger partial charge in [-0.1, -0.05) is 42.5 Å². The van der Waals surface area contributed by atoms with Gasteiger partial charge in [0.1, 0.15) is 0 Å². The van der Waals surface area contributed by atoms with E-state index in [0.717, 1.165) is 25.7 Å². The molecule has 1 fully saturated rings. The van der Waals surface area contributed by atoms with Crippen molar-refractivity contribution in [3.05, 3.63) is 59.9 Å². The molecule has 0 saturated heterocycles. The first-order valence-corrected chi connectivity index (χ1v) is 8.31. The number of aryl methyl sites for hydroxylation is 1. The summed E-state index contributed by atoms with van der Waals surface area (Å²) in [5, 5.41) is 6.74. The highest BCUT2D eigenvalue weighted by molar-refractivity contribution is 5.77. The Morgan fingerprint density at radius 1 is 1.30 bits per heavy atom. The van der Waals surface area contributed by atoms with E-state index in [1.165, 1.54) is 11.1 Å². The van der Waals surface area contributed by atoms with Crippen LogP contribution in [0.3, 0.4) is 0 Å². The Hall–Kier alpha value is -2.36. The lowest BCUT2D eigenvalue weighted by Crippen LogP contribution is -2.33. The Bertz CT molecular complexity index is 630. The van der Waals surface area contributed by atoms with Gasteiger partial charge in [0.25, 0.3) is 0 Å². The molecular weight excluding hydrogens is 286 g/mol. The largest absolute Gasteiger partial charge is 0.336 e. The Kier molecular flexibility index (Phi) is 5.25. The summed E-state index contributed by atoms with van der Waals surface area (Å²) >= 11 is 0. The molecular formula is C19H23N3O. The topological polar surface area (TPSA) is 49.0 Å². The van der Waals surface area contributed by atoms with Crippen LogP contribution in [0.15, 0.2) is 48.8 Å². The molecule has 0 bridgehead atoms. The van der Waals surface area contributed by atoms with Gasteiger partial charge >= 0.3 is 0 Å². The van der Waals surface area contributed by atoms with Crippen LogP contribution in [0.1, 0.15) is 36.8 Å². The SMILES string of the molecule is O=C(CCCc1cn[nH]c1)N(C/C=C/c1ccccc1)C1CC1.